The molecule has 1 aromatic rings. The van der Waals surface area contributed by atoms with Crippen molar-refractivity contribution in [3.05, 3.63) is 35.9 Å². The summed E-state index contributed by atoms with van der Waals surface area (Å²) in [7, 11) is 0. The summed E-state index contributed by atoms with van der Waals surface area (Å²) in [5, 5.41) is 0. The van der Waals surface area contributed by atoms with Crippen LogP contribution in [0.25, 0.3) is 0 Å². The van der Waals surface area contributed by atoms with Crippen molar-refractivity contribution in [3.8, 4) is 0 Å². The molecule has 2 rings (SSSR count). The molecule has 1 aliphatic heterocycles. The first-order valence-electron chi connectivity index (χ1n) is 6.62. The van der Waals surface area contributed by atoms with Crippen LogP contribution in [0.4, 0.5) is 0 Å². The summed E-state index contributed by atoms with van der Waals surface area (Å²) in [6.07, 6.45) is 1.83. The molecule has 0 amide bonds. The number of amidine groups is 1. The van der Waals surface area contributed by atoms with Crippen molar-refractivity contribution in [1.82, 2.24) is 0 Å². The quantitative estimate of drug-likeness (QED) is 0.658. The summed E-state index contributed by atoms with van der Waals surface area (Å²) in [4.78, 5) is 4.59. The second kappa shape index (κ2) is 5.53. The highest BCUT2D eigenvalue weighted by Gasteiger charge is 2.38. The van der Waals surface area contributed by atoms with E-state index in [4.69, 9.17) is 10.5 Å². The van der Waals surface area contributed by atoms with Gasteiger partial charge in [0.05, 0.1) is 5.41 Å². The Hall–Kier alpha value is -1.35. The van der Waals surface area contributed by atoms with Gasteiger partial charge in [-0.15, -0.1) is 0 Å². The van der Waals surface area contributed by atoms with Crippen molar-refractivity contribution in [2.75, 3.05) is 13.2 Å². The van der Waals surface area contributed by atoms with Gasteiger partial charge in [0.1, 0.15) is 5.84 Å². The molecule has 0 atom stereocenters. The van der Waals surface area contributed by atoms with Crippen LogP contribution in [0.15, 0.2) is 35.3 Å². The first kappa shape index (κ1) is 13.1. The topological polar surface area (TPSA) is 47.6 Å². The minimum atomic E-state index is -0.135. The zero-order valence-corrected chi connectivity index (χ0v) is 11.2. The van der Waals surface area contributed by atoms with E-state index in [1.165, 1.54) is 5.56 Å². The molecule has 1 fully saturated rings. The van der Waals surface area contributed by atoms with E-state index in [-0.39, 0.29) is 11.5 Å². The molecule has 1 saturated heterocycles. The van der Waals surface area contributed by atoms with Crippen LogP contribution in [0.3, 0.4) is 0 Å². The summed E-state index contributed by atoms with van der Waals surface area (Å²) < 4.78 is 5.49. The molecule has 1 aromatic carbocycles. The van der Waals surface area contributed by atoms with Gasteiger partial charge in [-0.05, 0) is 32.3 Å². The van der Waals surface area contributed by atoms with Crippen molar-refractivity contribution in [2.24, 2.45) is 10.7 Å². The predicted octanol–water partition coefficient (Wildman–Crippen LogP) is 2.50. The van der Waals surface area contributed by atoms with Crippen LogP contribution in [0, 0.1) is 0 Å². The molecule has 0 aromatic heterocycles. The molecule has 2 N–H and O–H groups in total. The molecule has 0 radical (unpaired) electrons. The van der Waals surface area contributed by atoms with E-state index in [0.29, 0.717) is 0 Å². The Balaban J connectivity index is 2.41. The van der Waals surface area contributed by atoms with Crippen molar-refractivity contribution < 1.29 is 4.74 Å². The second-order valence-corrected chi connectivity index (χ2v) is 5.17. The molecule has 0 spiro atoms. The Morgan fingerprint density at radius 1 is 1.22 bits per heavy atom. The van der Waals surface area contributed by atoms with E-state index in [2.05, 4.69) is 43.1 Å². The molecule has 0 unspecified atom stereocenters. The summed E-state index contributed by atoms with van der Waals surface area (Å²) in [6, 6.07) is 10.7. The fraction of sp³-hybridized carbons (Fsp3) is 0.533. The minimum absolute atomic E-state index is 0.135. The smallest absolute Gasteiger partial charge is 0.105 e. The largest absolute Gasteiger partial charge is 0.387 e. The van der Waals surface area contributed by atoms with Crippen LogP contribution in [0.2, 0.25) is 0 Å². The van der Waals surface area contributed by atoms with Crippen LogP contribution in [-0.2, 0) is 10.2 Å². The third kappa shape index (κ3) is 2.56. The monoisotopic (exact) mass is 246 g/mol. The van der Waals surface area contributed by atoms with Crippen molar-refractivity contribution >= 4 is 5.84 Å². The predicted molar refractivity (Wildman–Crippen MR) is 74.9 cm³/mol. The Kier molecular flexibility index (Phi) is 4.02. The Bertz CT molecular complexity index is 406. The lowest BCUT2D eigenvalue weighted by molar-refractivity contribution is 0.0704. The van der Waals surface area contributed by atoms with Crippen molar-refractivity contribution in [2.45, 2.75) is 38.1 Å². The lowest BCUT2D eigenvalue weighted by Crippen LogP contribution is -2.46. The maximum absolute atomic E-state index is 6.31. The fourth-order valence-electron chi connectivity index (χ4n) is 2.57. The highest BCUT2D eigenvalue weighted by atomic mass is 16.5. The van der Waals surface area contributed by atoms with Crippen molar-refractivity contribution in [3.63, 3.8) is 0 Å². The van der Waals surface area contributed by atoms with E-state index < -0.39 is 0 Å². The first-order chi connectivity index (χ1) is 8.65. The standard InChI is InChI=1S/C15H22N2O/c1-12(2)17-14(16)15(8-10-18-11-9-15)13-6-4-3-5-7-13/h3-7,12H,8-11H2,1-2H3,(H2,16,17). The van der Waals surface area contributed by atoms with Gasteiger partial charge in [-0.25, -0.2) is 0 Å². The summed E-state index contributed by atoms with van der Waals surface area (Å²) >= 11 is 0. The van der Waals surface area contributed by atoms with Gasteiger partial charge in [0, 0.05) is 19.3 Å². The lowest BCUT2D eigenvalue weighted by Gasteiger charge is -2.37. The molecule has 0 aliphatic carbocycles. The van der Waals surface area contributed by atoms with E-state index in [9.17, 15) is 0 Å². The number of rotatable bonds is 3. The third-order valence-corrected chi connectivity index (χ3v) is 3.56. The van der Waals surface area contributed by atoms with Gasteiger partial charge in [0.25, 0.3) is 0 Å². The Labute approximate surface area is 109 Å². The minimum Gasteiger partial charge on any atom is -0.387 e. The molecule has 3 nitrogen and oxygen atoms in total. The summed E-state index contributed by atoms with van der Waals surface area (Å²) in [5.74, 6) is 0.756. The summed E-state index contributed by atoms with van der Waals surface area (Å²) in [6.45, 7) is 5.63. The third-order valence-electron chi connectivity index (χ3n) is 3.56. The normalized spacial score (nSPS) is 20.1. The molecular formula is C15H22N2O. The van der Waals surface area contributed by atoms with Gasteiger partial charge < -0.3 is 10.5 Å². The number of hydrogen-bond acceptors (Lipinski definition) is 2. The number of nitrogens with zero attached hydrogens (tertiary/aromatic N) is 1. The highest BCUT2D eigenvalue weighted by Crippen LogP contribution is 2.35. The molecule has 1 aliphatic rings. The van der Waals surface area contributed by atoms with Gasteiger partial charge in [-0.3, -0.25) is 4.99 Å². The maximum Gasteiger partial charge on any atom is 0.105 e. The van der Waals surface area contributed by atoms with E-state index >= 15 is 0 Å². The van der Waals surface area contributed by atoms with Crippen LogP contribution < -0.4 is 5.73 Å². The highest BCUT2D eigenvalue weighted by molar-refractivity contribution is 5.92. The van der Waals surface area contributed by atoms with Gasteiger partial charge in [-0.1, -0.05) is 30.3 Å². The zero-order valence-electron chi connectivity index (χ0n) is 11.2. The van der Waals surface area contributed by atoms with E-state index in [1.807, 2.05) is 6.07 Å². The van der Waals surface area contributed by atoms with E-state index in [0.717, 1.165) is 31.9 Å². The molecule has 0 saturated carbocycles. The number of aliphatic imine (C=N–C) groups is 1. The number of hydrogen-bond donors (Lipinski definition) is 1. The van der Waals surface area contributed by atoms with Gasteiger partial charge in [0.2, 0.25) is 0 Å². The maximum atomic E-state index is 6.31. The number of ether oxygens (including phenoxy) is 1. The van der Waals surface area contributed by atoms with Crippen LogP contribution >= 0.6 is 0 Å². The average Bonchev–Trinajstić information content (AvgIpc) is 2.40. The van der Waals surface area contributed by atoms with Gasteiger partial charge in [0.15, 0.2) is 0 Å². The zero-order chi connectivity index (χ0) is 13.0. The molecule has 98 valence electrons. The van der Waals surface area contributed by atoms with Crippen molar-refractivity contribution in [1.29, 1.82) is 0 Å². The summed E-state index contributed by atoms with van der Waals surface area (Å²) in [5.41, 5.74) is 7.44. The number of nitrogens with two attached hydrogens (primary N) is 1. The average molecular weight is 246 g/mol. The molecule has 0 bridgehead atoms. The fourth-order valence-corrected chi connectivity index (χ4v) is 2.57. The Morgan fingerprint density at radius 3 is 2.39 bits per heavy atom. The van der Waals surface area contributed by atoms with Gasteiger partial charge in [-0.2, -0.15) is 0 Å². The van der Waals surface area contributed by atoms with E-state index in [1.54, 1.807) is 0 Å². The number of benzene rings is 1. The molecular weight excluding hydrogens is 224 g/mol. The second-order valence-electron chi connectivity index (χ2n) is 5.17. The van der Waals surface area contributed by atoms with Crippen LogP contribution in [0.1, 0.15) is 32.3 Å². The van der Waals surface area contributed by atoms with Crippen LogP contribution in [0.5, 0.6) is 0 Å². The molecule has 3 heteroatoms. The lowest BCUT2D eigenvalue weighted by atomic mass is 9.73. The van der Waals surface area contributed by atoms with Gasteiger partial charge >= 0.3 is 0 Å². The van der Waals surface area contributed by atoms with Crippen LogP contribution in [-0.4, -0.2) is 25.1 Å². The molecule has 1 heterocycles. The first-order valence-corrected chi connectivity index (χ1v) is 6.62. The Morgan fingerprint density at radius 2 is 1.83 bits per heavy atom. The molecule has 18 heavy (non-hydrogen) atoms. The SMILES string of the molecule is CC(C)N=C(N)C1(c2ccccc2)CCOCC1.